The number of rotatable bonds is 7. The number of piperazine rings is 1. The molecule has 1 aliphatic rings. The van der Waals surface area contributed by atoms with Crippen molar-refractivity contribution in [2.45, 2.75) is 24.8 Å². The van der Waals surface area contributed by atoms with Gasteiger partial charge in [0.15, 0.2) is 0 Å². The van der Waals surface area contributed by atoms with Crippen molar-refractivity contribution in [2.75, 3.05) is 32.7 Å². The number of amides is 1. The quantitative estimate of drug-likeness (QED) is 0.567. The highest BCUT2D eigenvalue weighted by Crippen LogP contribution is 2.25. The van der Waals surface area contributed by atoms with E-state index in [-0.39, 0.29) is 29.3 Å². The maximum Gasteiger partial charge on any atom is 0.245 e. The van der Waals surface area contributed by atoms with Gasteiger partial charge in [-0.05, 0) is 23.6 Å². The van der Waals surface area contributed by atoms with Crippen LogP contribution in [-0.4, -0.2) is 65.0 Å². The van der Waals surface area contributed by atoms with Crippen LogP contribution in [0.5, 0.6) is 0 Å². The zero-order valence-corrected chi connectivity index (χ0v) is 19.8. The summed E-state index contributed by atoms with van der Waals surface area (Å²) >= 11 is 1.01. The molecule has 1 aliphatic heterocycles. The molecule has 3 aromatic rings. The van der Waals surface area contributed by atoms with Crippen LogP contribution in [0.15, 0.2) is 53.4 Å². The Balaban J connectivity index is 1.36. The van der Waals surface area contributed by atoms with Crippen LogP contribution in [0.2, 0.25) is 0 Å². The molecule has 1 saturated heterocycles. The minimum atomic E-state index is -3.67. The van der Waals surface area contributed by atoms with Crippen LogP contribution in [0.1, 0.15) is 25.5 Å². The molecule has 8 nitrogen and oxygen atoms in total. The molecule has 0 aliphatic carbocycles. The van der Waals surface area contributed by atoms with Gasteiger partial charge >= 0.3 is 0 Å². The van der Waals surface area contributed by atoms with Crippen LogP contribution in [0.4, 0.5) is 0 Å². The van der Waals surface area contributed by atoms with Crippen molar-refractivity contribution < 1.29 is 13.2 Å². The lowest BCUT2D eigenvalue weighted by Gasteiger charge is -2.34. The predicted octanol–water partition coefficient (Wildman–Crippen LogP) is 2.51. The lowest BCUT2D eigenvalue weighted by atomic mass is 9.96. The Labute approximate surface area is 192 Å². The predicted molar refractivity (Wildman–Crippen MR) is 125 cm³/mol. The molecule has 0 saturated carbocycles. The molecule has 1 unspecified atom stereocenters. The highest BCUT2D eigenvalue weighted by atomic mass is 32.2. The van der Waals surface area contributed by atoms with Crippen LogP contribution in [0.3, 0.4) is 0 Å². The Morgan fingerprint density at radius 1 is 1.03 bits per heavy atom. The summed E-state index contributed by atoms with van der Waals surface area (Å²) < 4.78 is 36.1. The van der Waals surface area contributed by atoms with Crippen LogP contribution >= 0.6 is 11.7 Å². The van der Waals surface area contributed by atoms with Gasteiger partial charge in [-0.25, -0.2) is 8.42 Å². The topological polar surface area (TPSA) is 95.5 Å². The zero-order valence-electron chi connectivity index (χ0n) is 18.1. The molecule has 10 heteroatoms. The maximum absolute atomic E-state index is 13.2. The van der Waals surface area contributed by atoms with Crippen molar-refractivity contribution in [3.05, 3.63) is 54.1 Å². The summed E-state index contributed by atoms with van der Waals surface area (Å²) in [7, 11) is -3.67. The first kappa shape index (κ1) is 22.8. The van der Waals surface area contributed by atoms with Crippen molar-refractivity contribution in [3.63, 3.8) is 0 Å². The maximum atomic E-state index is 13.2. The Morgan fingerprint density at radius 3 is 2.44 bits per heavy atom. The normalized spacial score (nSPS) is 17.0. The van der Waals surface area contributed by atoms with E-state index in [1.54, 1.807) is 18.2 Å². The van der Waals surface area contributed by atoms with Crippen LogP contribution in [-0.2, 0) is 14.8 Å². The summed E-state index contributed by atoms with van der Waals surface area (Å²) in [6.45, 7) is 6.06. The molecule has 1 aromatic heterocycles. The summed E-state index contributed by atoms with van der Waals surface area (Å²) in [5.74, 6) is 0.202. The van der Waals surface area contributed by atoms with Gasteiger partial charge in [0.25, 0.3) is 0 Å². The van der Waals surface area contributed by atoms with Gasteiger partial charge in [-0.3, -0.25) is 9.69 Å². The first-order valence-corrected chi connectivity index (χ1v) is 12.8. The summed E-state index contributed by atoms with van der Waals surface area (Å²) in [6.07, 6.45) is 0. The number of carbonyl (C=O) groups is 1. The zero-order chi connectivity index (χ0) is 22.7. The van der Waals surface area contributed by atoms with E-state index in [0.29, 0.717) is 37.2 Å². The van der Waals surface area contributed by atoms with Gasteiger partial charge in [-0.1, -0.05) is 50.2 Å². The van der Waals surface area contributed by atoms with Crippen LogP contribution in [0.25, 0.3) is 11.0 Å². The Bertz CT molecular complexity index is 1170. The van der Waals surface area contributed by atoms with E-state index in [1.807, 2.05) is 35.2 Å². The molecule has 1 N–H and O–H groups in total. The molecule has 0 spiro atoms. The van der Waals surface area contributed by atoms with Crippen molar-refractivity contribution in [1.29, 1.82) is 0 Å². The molecule has 170 valence electrons. The molecule has 0 radical (unpaired) electrons. The summed E-state index contributed by atoms with van der Waals surface area (Å²) in [6, 6.07) is 14.9. The Kier molecular flexibility index (Phi) is 6.85. The fourth-order valence-corrected chi connectivity index (χ4v) is 6.15. The number of benzene rings is 2. The molecular formula is C22H27N5O3S2. The van der Waals surface area contributed by atoms with Gasteiger partial charge in [0.1, 0.15) is 15.9 Å². The van der Waals surface area contributed by atoms with Gasteiger partial charge < -0.3 is 5.32 Å². The van der Waals surface area contributed by atoms with Gasteiger partial charge in [0, 0.05) is 26.2 Å². The van der Waals surface area contributed by atoms with E-state index in [0.717, 1.165) is 17.3 Å². The third-order valence-electron chi connectivity index (χ3n) is 5.71. The minimum absolute atomic E-state index is 0.0535. The fraction of sp³-hybridized carbons (Fsp3) is 0.409. The number of hydrogen-bond acceptors (Lipinski definition) is 7. The van der Waals surface area contributed by atoms with E-state index < -0.39 is 10.0 Å². The smallest absolute Gasteiger partial charge is 0.245 e. The van der Waals surface area contributed by atoms with Gasteiger partial charge in [-0.2, -0.15) is 13.1 Å². The van der Waals surface area contributed by atoms with Crippen molar-refractivity contribution in [2.24, 2.45) is 5.92 Å². The summed E-state index contributed by atoms with van der Waals surface area (Å²) in [4.78, 5) is 14.9. The second kappa shape index (κ2) is 9.62. The number of nitrogens with one attached hydrogen (secondary N) is 1. The highest BCUT2D eigenvalue weighted by molar-refractivity contribution is 7.89. The highest BCUT2D eigenvalue weighted by Gasteiger charge is 2.31. The third kappa shape index (κ3) is 4.83. The first-order valence-electron chi connectivity index (χ1n) is 10.6. The van der Waals surface area contributed by atoms with Crippen LogP contribution < -0.4 is 5.32 Å². The monoisotopic (exact) mass is 473 g/mol. The number of aromatic nitrogens is 2. The van der Waals surface area contributed by atoms with Gasteiger partial charge in [0.05, 0.1) is 24.3 Å². The second-order valence-corrected chi connectivity index (χ2v) is 10.7. The molecule has 2 aromatic carbocycles. The summed E-state index contributed by atoms with van der Waals surface area (Å²) in [5, 5.41) is 3.14. The van der Waals surface area contributed by atoms with Crippen molar-refractivity contribution in [1.82, 2.24) is 23.3 Å². The Hall–Kier alpha value is -2.40. The van der Waals surface area contributed by atoms with E-state index in [4.69, 9.17) is 0 Å². The van der Waals surface area contributed by atoms with Gasteiger partial charge in [0.2, 0.25) is 15.9 Å². The van der Waals surface area contributed by atoms with E-state index in [2.05, 4.69) is 27.9 Å². The standard InChI is InChI=1S/C22H27N5O3S2/c1-16(2)21(17-7-4-3-5-8-17)23-20(28)15-26-11-13-27(14-12-26)32(29,30)19-10-6-9-18-22(19)25-31-24-18/h3-10,16,21H,11-15H2,1-2H3,(H,23,28). The lowest BCUT2D eigenvalue weighted by molar-refractivity contribution is -0.123. The number of fused-ring (bicyclic) bond motifs is 1. The largest absolute Gasteiger partial charge is 0.348 e. The number of hydrogen-bond donors (Lipinski definition) is 1. The third-order valence-corrected chi connectivity index (χ3v) is 8.18. The molecule has 32 heavy (non-hydrogen) atoms. The number of carbonyl (C=O) groups excluding carboxylic acids is 1. The van der Waals surface area contributed by atoms with E-state index in [9.17, 15) is 13.2 Å². The average Bonchev–Trinajstić information content (AvgIpc) is 3.27. The molecule has 1 fully saturated rings. The molecule has 2 heterocycles. The van der Waals surface area contributed by atoms with Gasteiger partial charge in [-0.15, -0.1) is 0 Å². The molecule has 1 atom stereocenters. The molecule has 4 rings (SSSR count). The molecular weight excluding hydrogens is 446 g/mol. The molecule has 0 bridgehead atoms. The van der Waals surface area contributed by atoms with E-state index >= 15 is 0 Å². The Morgan fingerprint density at radius 2 is 1.75 bits per heavy atom. The number of nitrogens with zero attached hydrogens (tertiary/aromatic N) is 4. The number of sulfonamides is 1. The fourth-order valence-electron chi connectivity index (χ4n) is 3.97. The van der Waals surface area contributed by atoms with Crippen molar-refractivity contribution >= 4 is 38.7 Å². The van der Waals surface area contributed by atoms with Crippen molar-refractivity contribution in [3.8, 4) is 0 Å². The SMILES string of the molecule is CC(C)C(NC(=O)CN1CCN(S(=O)(=O)c2cccc3nsnc23)CC1)c1ccccc1. The van der Waals surface area contributed by atoms with Crippen LogP contribution in [0, 0.1) is 5.92 Å². The molecule has 1 amide bonds. The first-order chi connectivity index (χ1) is 15.4. The second-order valence-electron chi connectivity index (χ2n) is 8.27. The van der Waals surface area contributed by atoms with E-state index in [1.165, 1.54) is 4.31 Å². The summed E-state index contributed by atoms with van der Waals surface area (Å²) in [5.41, 5.74) is 2.09. The minimum Gasteiger partial charge on any atom is -0.348 e. The lowest BCUT2D eigenvalue weighted by Crippen LogP contribution is -2.51. The average molecular weight is 474 g/mol.